The second-order valence-electron chi connectivity index (χ2n) is 22.3. The summed E-state index contributed by atoms with van der Waals surface area (Å²) in [5.74, 6) is -1.73. The number of rotatable bonds is 10. The quantitative estimate of drug-likeness (QED) is 0.0716. The van der Waals surface area contributed by atoms with Crippen LogP contribution in [0.3, 0.4) is 0 Å². The van der Waals surface area contributed by atoms with Crippen molar-refractivity contribution in [3.8, 4) is 0 Å². The lowest BCUT2D eigenvalue weighted by molar-refractivity contribution is -0.171. The largest absolute Gasteiger partial charge is 0.389 e. The maximum absolute atomic E-state index is 15.1. The topological polar surface area (TPSA) is 86.7 Å². The standard InChI is InChI=1S/C46H76O6Si4/c1-15-35-31(5)33-27-43(35,17-3)45(29-33,41-53(7,8)23-19-24-54(41,9)10)39(49)51-37(47)21-22-38(48)52-40(50)46(42-55(11,12)25-20-26-56(42,13)14)30-34-28-44(46,18-4)36(16-2)32(34)6/h21-22,33-34,41-42H,15-20,23-30H2,1-14H3/b22-21-. The van der Waals surface area contributed by atoms with E-state index in [1.165, 1.54) is 59.3 Å². The van der Waals surface area contributed by atoms with E-state index in [4.69, 9.17) is 9.47 Å². The van der Waals surface area contributed by atoms with Gasteiger partial charge in [0.05, 0.1) is 10.8 Å². The van der Waals surface area contributed by atoms with E-state index in [-0.39, 0.29) is 33.1 Å². The van der Waals surface area contributed by atoms with Crippen LogP contribution in [-0.2, 0) is 28.7 Å². The minimum Gasteiger partial charge on any atom is -0.389 e. The highest BCUT2D eigenvalue weighted by Gasteiger charge is 2.76. The Morgan fingerprint density at radius 3 is 1.12 bits per heavy atom. The molecule has 0 spiro atoms. The van der Waals surface area contributed by atoms with Crippen molar-refractivity contribution in [1.82, 2.24) is 0 Å². The first-order valence-electron chi connectivity index (χ1n) is 22.6. The van der Waals surface area contributed by atoms with E-state index in [0.29, 0.717) is 11.8 Å². The lowest BCUT2D eigenvalue weighted by Gasteiger charge is -2.60. The molecule has 6 aliphatic rings. The van der Waals surface area contributed by atoms with Crippen LogP contribution in [0, 0.1) is 33.5 Å². The minimum absolute atomic E-state index is 0.289. The summed E-state index contributed by atoms with van der Waals surface area (Å²) in [5, 5.41) is 0.579. The van der Waals surface area contributed by atoms with E-state index in [1.807, 2.05) is 0 Å². The molecular weight excluding hydrogens is 761 g/mol. The zero-order chi connectivity index (χ0) is 41.7. The van der Waals surface area contributed by atoms with E-state index in [2.05, 4.69) is 93.9 Å². The lowest BCUT2D eigenvalue weighted by atomic mass is 9.59. The van der Waals surface area contributed by atoms with Crippen molar-refractivity contribution < 1.29 is 28.7 Å². The molecule has 4 bridgehead atoms. The van der Waals surface area contributed by atoms with Crippen LogP contribution >= 0.6 is 0 Å². The van der Waals surface area contributed by atoms with Crippen LogP contribution < -0.4 is 0 Å². The molecule has 56 heavy (non-hydrogen) atoms. The predicted molar refractivity (Wildman–Crippen MR) is 239 cm³/mol. The van der Waals surface area contributed by atoms with E-state index >= 15 is 9.59 Å². The normalized spacial score (nSPS) is 37.1. The van der Waals surface area contributed by atoms with E-state index in [9.17, 15) is 9.59 Å². The molecule has 0 radical (unpaired) electrons. The van der Waals surface area contributed by atoms with Gasteiger partial charge < -0.3 is 9.47 Å². The first-order chi connectivity index (χ1) is 25.9. The molecule has 6 unspecified atom stereocenters. The monoisotopic (exact) mass is 836 g/mol. The van der Waals surface area contributed by atoms with Gasteiger partial charge in [-0.25, -0.2) is 9.59 Å². The van der Waals surface area contributed by atoms with Gasteiger partial charge in [0.1, 0.15) is 0 Å². The van der Waals surface area contributed by atoms with Gasteiger partial charge in [0, 0.05) is 55.3 Å². The van der Waals surface area contributed by atoms with Gasteiger partial charge in [-0.2, -0.15) is 0 Å². The first kappa shape index (κ1) is 43.9. The second kappa shape index (κ2) is 14.5. The molecule has 2 saturated carbocycles. The van der Waals surface area contributed by atoms with E-state index in [1.54, 1.807) is 0 Å². The molecule has 6 nitrogen and oxygen atoms in total. The SMILES string of the molecule is CCC1=C(C)C2CC1(CC)C(C(=O)OC(=O)/C=C\C(=O)OC(=O)C1(C3[Si](C)(C)CCC[Si]3(C)C)CC3CC1(CC)C(CC)=C3C)(C1[Si](C)(C)CCC[Si]1(C)C)C2. The minimum atomic E-state index is -1.91. The summed E-state index contributed by atoms with van der Waals surface area (Å²) < 4.78 is 12.0. The Labute approximate surface area is 343 Å². The fourth-order valence-corrected chi connectivity index (χ4v) is 49.5. The second-order valence-corrected chi connectivity index (χ2v) is 43.7. The first-order valence-corrected chi connectivity index (χ1v) is 35.7. The average Bonchev–Trinajstić information content (AvgIpc) is 3.78. The molecule has 0 aromatic rings. The number of allylic oxidation sites excluding steroid dienone is 4. The number of hydrogen-bond acceptors (Lipinski definition) is 6. The van der Waals surface area contributed by atoms with Crippen LogP contribution in [0.15, 0.2) is 34.4 Å². The van der Waals surface area contributed by atoms with Gasteiger partial charge in [-0.15, -0.1) is 0 Å². The van der Waals surface area contributed by atoms with Crippen LogP contribution in [0.1, 0.15) is 106 Å². The van der Waals surface area contributed by atoms with Crippen LogP contribution in [0.25, 0.3) is 0 Å². The molecule has 2 heterocycles. The summed E-state index contributed by atoms with van der Waals surface area (Å²) in [6, 6.07) is 4.79. The highest BCUT2D eigenvalue weighted by molar-refractivity contribution is 6.99. The lowest BCUT2D eigenvalue weighted by Crippen LogP contribution is -2.65. The molecular formula is C46H76O6Si4. The molecule has 312 valence electrons. The number of carbonyl (C=O) groups is 4. The van der Waals surface area contributed by atoms with Gasteiger partial charge in [-0.1, -0.05) is 139 Å². The van der Waals surface area contributed by atoms with Gasteiger partial charge in [-0.3, -0.25) is 9.59 Å². The summed E-state index contributed by atoms with van der Waals surface area (Å²) in [5.41, 5.74) is 3.66. The number of hydrogen-bond donors (Lipinski definition) is 0. The molecule has 2 aliphatic heterocycles. The average molecular weight is 837 g/mol. The molecule has 6 rings (SSSR count). The van der Waals surface area contributed by atoms with E-state index < -0.39 is 55.1 Å². The maximum Gasteiger partial charge on any atom is 0.338 e. The molecule has 0 aromatic heterocycles. The summed E-state index contributed by atoms with van der Waals surface area (Å²) in [6.07, 6.45) is 11.6. The number of esters is 4. The summed E-state index contributed by atoms with van der Waals surface area (Å²) in [4.78, 5) is 57.9. The van der Waals surface area contributed by atoms with Crippen molar-refractivity contribution in [2.24, 2.45) is 33.5 Å². The molecule has 4 aliphatic carbocycles. The molecule has 0 aromatic carbocycles. The summed E-state index contributed by atoms with van der Waals surface area (Å²) >= 11 is 0. The highest BCUT2D eigenvalue weighted by atomic mass is 28.4. The van der Waals surface area contributed by atoms with Crippen molar-refractivity contribution in [3.05, 3.63) is 34.4 Å². The van der Waals surface area contributed by atoms with Gasteiger partial charge >= 0.3 is 23.9 Å². The number of carbonyl (C=O) groups excluding carboxylic acids is 4. The van der Waals surface area contributed by atoms with Crippen LogP contribution in [0.2, 0.25) is 86.9 Å². The predicted octanol–water partition coefficient (Wildman–Crippen LogP) is 12.2. The van der Waals surface area contributed by atoms with Crippen LogP contribution in [0.5, 0.6) is 0 Å². The van der Waals surface area contributed by atoms with Crippen molar-refractivity contribution in [1.29, 1.82) is 0 Å². The van der Waals surface area contributed by atoms with Gasteiger partial charge in [0.25, 0.3) is 0 Å². The summed E-state index contributed by atoms with van der Waals surface area (Å²) in [6.45, 7) is 33.4. The fourth-order valence-electron chi connectivity index (χ4n) is 17.3. The van der Waals surface area contributed by atoms with Crippen molar-refractivity contribution in [2.75, 3.05) is 0 Å². The Morgan fingerprint density at radius 2 is 0.857 bits per heavy atom. The Hall–Kier alpha value is -1.63. The Morgan fingerprint density at radius 1 is 0.554 bits per heavy atom. The summed E-state index contributed by atoms with van der Waals surface area (Å²) in [7, 11) is -7.64. The Balaban J connectivity index is 1.31. The molecule has 0 amide bonds. The van der Waals surface area contributed by atoms with Crippen LogP contribution in [-0.4, -0.2) is 56.2 Å². The van der Waals surface area contributed by atoms with Gasteiger partial charge in [0.2, 0.25) is 0 Å². The molecule has 10 heteroatoms. The van der Waals surface area contributed by atoms with Crippen molar-refractivity contribution >= 4 is 56.2 Å². The van der Waals surface area contributed by atoms with Crippen LogP contribution in [0.4, 0.5) is 0 Å². The van der Waals surface area contributed by atoms with E-state index in [0.717, 1.165) is 63.5 Å². The maximum atomic E-state index is 15.1. The van der Waals surface area contributed by atoms with Gasteiger partial charge in [0.15, 0.2) is 0 Å². The number of fused-ring (bicyclic) bond motifs is 4. The smallest absolute Gasteiger partial charge is 0.338 e. The zero-order valence-corrected chi connectivity index (χ0v) is 41.8. The highest BCUT2D eigenvalue weighted by Crippen LogP contribution is 2.77. The number of ether oxygens (including phenoxy) is 2. The van der Waals surface area contributed by atoms with Gasteiger partial charge in [-0.05, 0) is 87.4 Å². The van der Waals surface area contributed by atoms with Crippen molar-refractivity contribution in [3.63, 3.8) is 0 Å². The van der Waals surface area contributed by atoms with Crippen molar-refractivity contribution in [2.45, 2.75) is 193 Å². The molecule has 0 N–H and O–H groups in total. The zero-order valence-electron chi connectivity index (χ0n) is 37.8. The molecule has 4 fully saturated rings. The molecule has 2 saturated heterocycles. The Kier molecular flexibility index (Phi) is 11.4. The molecule has 6 atom stereocenters. The fraction of sp³-hybridized carbons (Fsp3) is 0.783. The third kappa shape index (κ3) is 6.03. The third-order valence-electron chi connectivity index (χ3n) is 18.1. The third-order valence-corrected chi connectivity index (χ3v) is 42.3. The Bertz CT molecular complexity index is 1610.